The van der Waals surface area contributed by atoms with Crippen molar-refractivity contribution in [3.8, 4) is 11.5 Å². The Morgan fingerprint density at radius 1 is 1.29 bits per heavy atom. The Morgan fingerprint density at radius 2 is 2.05 bits per heavy atom. The molecule has 0 fully saturated rings. The largest absolute Gasteiger partial charge is 0.497 e. The first-order valence-corrected chi connectivity index (χ1v) is 7.06. The zero-order valence-corrected chi connectivity index (χ0v) is 13.1. The number of rotatable bonds is 5. The summed E-state index contributed by atoms with van der Waals surface area (Å²) in [6, 6.07) is 9.22. The molecule has 0 aliphatic carbocycles. The van der Waals surface area contributed by atoms with Gasteiger partial charge in [0.05, 0.1) is 17.8 Å². The van der Waals surface area contributed by atoms with Crippen LogP contribution >= 0.6 is 11.6 Å². The van der Waals surface area contributed by atoms with Crippen molar-refractivity contribution in [3.63, 3.8) is 0 Å². The molecule has 0 amide bonds. The average Bonchev–Trinajstić information content (AvgIpc) is 2.45. The van der Waals surface area contributed by atoms with E-state index in [1.54, 1.807) is 7.11 Å². The van der Waals surface area contributed by atoms with Crippen LogP contribution in [0.15, 0.2) is 30.3 Å². The highest BCUT2D eigenvalue weighted by Crippen LogP contribution is 2.28. The summed E-state index contributed by atoms with van der Waals surface area (Å²) in [6.45, 7) is 4.15. The van der Waals surface area contributed by atoms with Crippen molar-refractivity contribution in [1.82, 2.24) is 4.98 Å². The number of aromatic nitrogens is 1. The SMILES string of the molecule is COc1cc(C)nc(COc2ccc([C@H](C)N)cc2Cl)c1. The fraction of sp³-hybridized carbons (Fsp3) is 0.312. The Bertz CT molecular complexity index is 630. The Morgan fingerprint density at radius 3 is 2.67 bits per heavy atom. The summed E-state index contributed by atoms with van der Waals surface area (Å²) >= 11 is 6.20. The summed E-state index contributed by atoms with van der Waals surface area (Å²) in [4.78, 5) is 4.40. The van der Waals surface area contributed by atoms with Gasteiger partial charge in [-0.25, -0.2) is 0 Å². The lowest BCUT2D eigenvalue weighted by atomic mass is 10.1. The maximum absolute atomic E-state index is 6.20. The van der Waals surface area contributed by atoms with Crippen molar-refractivity contribution in [2.75, 3.05) is 7.11 Å². The van der Waals surface area contributed by atoms with Gasteiger partial charge in [-0.15, -0.1) is 0 Å². The topological polar surface area (TPSA) is 57.4 Å². The van der Waals surface area contributed by atoms with E-state index in [9.17, 15) is 0 Å². The Hall–Kier alpha value is -1.78. The van der Waals surface area contributed by atoms with Crippen molar-refractivity contribution >= 4 is 11.6 Å². The van der Waals surface area contributed by atoms with Crippen molar-refractivity contribution < 1.29 is 9.47 Å². The van der Waals surface area contributed by atoms with Crippen molar-refractivity contribution in [2.24, 2.45) is 5.73 Å². The number of halogens is 1. The summed E-state index contributed by atoms with van der Waals surface area (Å²) in [5.74, 6) is 1.38. The number of pyridine rings is 1. The maximum Gasteiger partial charge on any atom is 0.138 e. The van der Waals surface area contributed by atoms with Crippen LogP contribution in [0.2, 0.25) is 5.02 Å². The van der Waals surface area contributed by atoms with Gasteiger partial charge in [0.15, 0.2) is 0 Å². The van der Waals surface area contributed by atoms with Crippen LogP contribution in [0.25, 0.3) is 0 Å². The summed E-state index contributed by atoms with van der Waals surface area (Å²) in [6.07, 6.45) is 0. The van der Waals surface area contributed by atoms with Gasteiger partial charge in [-0.05, 0) is 31.5 Å². The molecule has 5 heteroatoms. The molecule has 2 rings (SSSR count). The Labute approximate surface area is 129 Å². The van der Waals surface area contributed by atoms with Crippen LogP contribution in [0, 0.1) is 6.92 Å². The van der Waals surface area contributed by atoms with E-state index in [0.717, 1.165) is 22.7 Å². The lowest BCUT2D eigenvalue weighted by Gasteiger charge is -2.12. The van der Waals surface area contributed by atoms with Gasteiger partial charge in [-0.1, -0.05) is 17.7 Å². The summed E-state index contributed by atoms with van der Waals surface area (Å²) in [5.41, 5.74) is 8.47. The number of aryl methyl sites for hydroxylation is 1. The van der Waals surface area contributed by atoms with Gasteiger partial charge < -0.3 is 15.2 Å². The zero-order chi connectivity index (χ0) is 15.4. The molecule has 0 spiro atoms. The number of benzene rings is 1. The maximum atomic E-state index is 6.20. The minimum atomic E-state index is -0.0562. The van der Waals surface area contributed by atoms with Crippen LogP contribution in [0.1, 0.15) is 29.9 Å². The molecule has 21 heavy (non-hydrogen) atoms. The minimum absolute atomic E-state index is 0.0562. The van der Waals surface area contributed by atoms with Crippen molar-refractivity contribution in [2.45, 2.75) is 26.5 Å². The molecule has 2 aromatic rings. The van der Waals surface area contributed by atoms with E-state index in [-0.39, 0.29) is 6.04 Å². The highest BCUT2D eigenvalue weighted by Gasteiger charge is 2.07. The van der Waals surface area contributed by atoms with Crippen LogP contribution in [0.5, 0.6) is 11.5 Å². The molecule has 0 unspecified atom stereocenters. The van der Waals surface area contributed by atoms with E-state index in [4.69, 9.17) is 26.8 Å². The van der Waals surface area contributed by atoms with Gasteiger partial charge in [0.1, 0.15) is 18.1 Å². The number of ether oxygens (including phenoxy) is 2. The van der Waals surface area contributed by atoms with Crippen molar-refractivity contribution in [3.05, 3.63) is 52.3 Å². The van der Waals surface area contributed by atoms with E-state index in [2.05, 4.69) is 4.98 Å². The molecule has 1 aromatic carbocycles. The molecule has 0 aliphatic heterocycles. The molecule has 0 bridgehead atoms. The number of hydrogen-bond donors (Lipinski definition) is 1. The predicted octanol–water partition coefficient (Wildman–Crippen LogP) is 3.65. The van der Waals surface area contributed by atoms with E-state index in [0.29, 0.717) is 17.4 Å². The van der Waals surface area contributed by atoms with Gasteiger partial charge in [0.25, 0.3) is 0 Å². The van der Waals surface area contributed by atoms with Gasteiger partial charge in [-0.3, -0.25) is 4.98 Å². The lowest BCUT2D eigenvalue weighted by Crippen LogP contribution is -2.05. The normalized spacial score (nSPS) is 12.0. The minimum Gasteiger partial charge on any atom is -0.497 e. The number of hydrogen-bond acceptors (Lipinski definition) is 4. The van der Waals surface area contributed by atoms with Gasteiger partial charge in [0, 0.05) is 23.9 Å². The first kappa shape index (κ1) is 15.6. The molecule has 1 atom stereocenters. The molecule has 112 valence electrons. The quantitative estimate of drug-likeness (QED) is 0.916. The monoisotopic (exact) mass is 306 g/mol. The molecule has 1 heterocycles. The van der Waals surface area contributed by atoms with E-state index >= 15 is 0 Å². The molecule has 2 N–H and O–H groups in total. The van der Waals surface area contributed by atoms with Crippen LogP contribution in [0.3, 0.4) is 0 Å². The standard InChI is InChI=1S/C16H19ClN2O2/c1-10-6-14(20-3)8-13(19-10)9-21-16-5-4-12(11(2)18)7-15(16)17/h4-8,11H,9,18H2,1-3H3/t11-/m0/s1. The smallest absolute Gasteiger partial charge is 0.138 e. The summed E-state index contributed by atoms with van der Waals surface area (Å²) in [5, 5.41) is 0.546. The average molecular weight is 307 g/mol. The number of nitrogens with zero attached hydrogens (tertiary/aromatic N) is 1. The van der Waals surface area contributed by atoms with Gasteiger partial charge >= 0.3 is 0 Å². The number of methoxy groups -OCH3 is 1. The molecule has 1 aromatic heterocycles. The third-order valence-electron chi connectivity index (χ3n) is 3.07. The molecule has 0 radical (unpaired) electrons. The van der Waals surface area contributed by atoms with Gasteiger partial charge in [-0.2, -0.15) is 0 Å². The zero-order valence-electron chi connectivity index (χ0n) is 12.4. The molecule has 4 nitrogen and oxygen atoms in total. The second-order valence-electron chi connectivity index (χ2n) is 4.91. The first-order chi connectivity index (χ1) is 9.99. The van der Waals surface area contributed by atoms with Gasteiger partial charge in [0.2, 0.25) is 0 Å². The molecule has 0 saturated carbocycles. The Kier molecular flexibility index (Phi) is 5.04. The number of nitrogens with two attached hydrogens (primary N) is 1. The third-order valence-corrected chi connectivity index (χ3v) is 3.37. The van der Waals surface area contributed by atoms with Crippen LogP contribution in [-0.4, -0.2) is 12.1 Å². The second kappa shape index (κ2) is 6.78. The molecule has 0 saturated heterocycles. The van der Waals surface area contributed by atoms with Crippen molar-refractivity contribution in [1.29, 1.82) is 0 Å². The third kappa shape index (κ3) is 4.09. The van der Waals surface area contributed by atoms with Crippen LogP contribution in [-0.2, 0) is 6.61 Å². The molecular weight excluding hydrogens is 288 g/mol. The highest BCUT2D eigenvalue weighted by atomic mass is 35.5. The lowest BCUT2D eigenvalue weighted by molar-refractivity contribution is 0.300. The summed E-state index contributed by atoms with van der Waals surface area (Å²) in [7, 11) is 1.63. The van der Waals surface area contributed by atoms with Crippen LogP contribution in [0.4, 0.5) is 0 Å². The fourth-order valence-corrected chi connectivity index (χ4v) is 2.21. The highest BCUT2D eigenvalue weighted by molar-refractivity contribution is 6.32. The predicted molar refractivity (Wildman–Crippen MR) is 83.9 cm³/mol. The van der Waals surface area contributed by atoms with E-state index < -0.39 is 0 Å². The fourth-order valence-electron chi connectivity index (χ4n) is 1.96. The van der Waals surface area contributed by atoms with E-state index in [1.165, 1.54) is 0 Å². The second-order valence-corrected chi connectivity index (χ2v) is 5.31. The molecular formula is C16H19ClN2O2. The summed E-state index contributed by atoms with van der Waals surface area (Å²) < 4.78 is 10.9. The first-order valence-electron chi connectivity index (χ1n) is 6.69. The van der Waals surface area contributed by atoms with E-state index in [1.807, 2.05) is 44.2 Å². The molecule has 0 aliphatic rings. The van der Waals surface area contributed by atoms with Crippen LogP contribution < -0.4 is 15.2 Å². The Balaban J connectivity index is 2.11.